The standard InChI is InChI=1S/C27H31Cl2N7O/c1-17(21-13-30-25(29)11-22(21)28)36-24-12-26(31-32-27(24)23(33-36)7-6-18-4-5-18)35-15-20(16-35)19-3-2-8-34(14-19)9-10-37/h11-13,17-20,37H,2-5,8-10,14-16H2,1H3/t17?,19-/m0/s1. The summed E-state index contributed by atoms with van der Waals surface area (Å²) in [4.78, 5) is 8.93. The first kappa shape index (κ1) is 24.9. The second kappa shape index (κ2) is 10.4. The van der Waals surface area contributed by atoms with Gasteiger partial charge in [-0.2, -0.15) is 5.10 Å². The van der Waals surface area contributed by atoms with Gasteiger partial charge in [-0.05, 0) is 63.0 Å². The Morgan fingerprint density at radius 3 is 2.70 bits per heavy atom. The van der Waals surface area contributed by atoms with Crippen molar-refractivity contribution in [2.24, 2.45) is 17.8 Å². The van der Waals surface area contributed by atoms with Gasteiger partial charge in [-0.3, -0.25) is 4.68 Å². The van der Waals surface area contributed by atoms with Crippen LogP contribution in [0, 0.1) is 29.6 Å². The van der Waals surface area contributed by atoms with Crippen LogP contribution in [-0.4, -0.2) is 74.3 Å². The quantitative estimate of drug-likeness (QED) is 0.373. The van der Waals surface area contributed by atoms with Crippen molar-refractivity contribution in [3.05, 3.63) is 39.8 Å². The van der Waals surface area contributed by atoms with E-state index in [9.17, 15) is 5.11 Å². The zero-order chi connectivity index (χ0) is 25.5. The van der Waals surface area contributed by atoms with Crippen LogP contribution in [0.4, 0.5) is 5.82 Å². The molecular formula is C27H31Cl2N7O. The van der Waals surface area contributed by atoms with Gasteiger partial charge in [-0.1, -0.05) is 29.1 Å². The molecule has 2 aliphatic heterocycles. The maximum atomic E-state index is 9.32. The number of aromatic nitrogens is 5. The minimum Gasteiger partial charge on any atom is -0.395 e. The predicted molar refractivity (Wildman–Crippen MR) is 145 cm³/mol. The zero-order valence-corrected chi connectivity index (χ0v) is 22.5. The molecule has 0 amide bonds. The number of nitrogens with zero attached hydrogens (tertiary/aromatic N) is 7. The summed E-state index contributed by atoms with van der Waals surface area (Å²) < 4.78 is 1.94. The SMILES string of the molecule is CC(c1cnc(Cl)cc1Cl)n1nc(C#CC2CC2)c2nnc(N3CC([C@H]4CCCN(CCO)C4)C3)cc21. The number of piperidine rings is 1. The average molecular weight is 540 g/mol. The van der Waals surface area contributed by atoms with E-state index in [-0.39, 0.29) is 12.6 Å². The van der Waals surface area contributed by atoms with Crippen LogP contribution in [0.5, 0.6) is 0 Å². The van der Waals surface area contributed by atoms with Crippen LogP contribution in [0.1, 0.15) is 49.9 Å². The summed E-state index contributed by atoms with van der Waals surface area (Å²) in [6.07, 6.45) is 6.47. The van der Waals surface area contributed by atoms with Gasteiger partial charge in [0.05, 0.1) is 23.2 Å². The Labute approximate surface area is 227 Å². The summed E-state index contributed by atoms with van der Waals surface area (Å²) in [5.41, 5.74) is 3.09. The van der Waals surface area contributed by atoms with Gasteiger partial charge in [0.1, 0.15) is 10.7 Å². The molecule has 8 nitrogen and oxygen atoms in total. The lowest BCUT2D eigenvalue weighted by Crippen LogP contribution is -2.54. The lowest BCUT2D eigenvalue weighted by Gasteiger charge is -2.47. The van der Waals surface area contributed by atoms with Crippen LogP contribution < -0.4 is 4.90 Å². The van der Waals surface area contributed by atoms with E-state index in [0.717, 1.165) is 62.5 Å². The number of rotatable bonds is 6. The van der Waals surface area contributed by atoms with Crippen molar-refractivity contribution in [1.29, 1.82) is 0 Å². The molecule has 1 aliphatic carbocycles. The van der Waals surface area contributed by atoms with E-state index in [1.165, 1.54) is 12.8 Å². The molecule has 1 saturated carbocycles. The normalized spacial score (nSPS) is 21.5. The molecule has 10 heteroatoms. The van der Waals surface area contributed by atoms with Gasteiger partial charge < -0.3 is 14.9 Å². The van der Waals surface area contributed by atoms with E-state index >= 15 is 0 Å². The van der Waals surface area contributed by atoms with Crippen molar-refractivity contribution in [3.63, 3.8) is 0 Å². The van der Waals surface area contributed by atoms with Crippen molar-refractivity contribution in [3.8, 4) is 11.8 Å². The fraction of sp³-hybridized carbons (Fsp3) is 0.556. The molecule has 3 fully saturated rings. The number of hydrogen-bond donors (Lipinski definition) is 1. The molecule has 2 saturated heterocycles. The first-order valence-electron chi connectivity index (χ1n) is 13.2. The van der Waals surface area contributed by atoms with Gasteiger partial charge in [0.25, 0.3) is 0 Å². The molecule has 3 aromatic heterocycles. The number of fused-ring (bicyclic) bond motifs is 1. The second-order valence-electron chi connectivity index (χ2n) is 10.6. The molecule has 0 bridgehead atoms. The Bertz CT molecular complexity index is 1350. The monoisotopic (exact) mass is 539 g/mol. The van der Waals surface area contributed by atoms with Crippen molar-refractivity contribution < 1.29 is 5.11 Å². The van der Waals surface area contributed by atoms with Crippen LogP contribution in [0.2, 0.25) is 10.2 Å². The number of hydrogen-bond acceptors (Lipinski definition) is 7. The summed E-state index contributed by atoms with van der Waals surface area (Å²) in [5.74, 6) is 9.20. The Morgan fingerprint density at radius 2 is 1.95 bits per heavy atom. The first-order chi connectivity index (χ1) is 18.0. The molecule has 3 aliphatic rings. The zero-order valence-electron chi connectivity index (χ0n) is 20.9. The van der Waals surface area contributed by atoms with Crippen molar-refractivity contribution in [1.82, 2.24) is 29.9 Å². The summed E-state index contributed by atoms with van der Waals surface area (Å²) in [7, 11) is 0. The molecule has 1 unspecified atom stereocenters. The van der Waals surface area contributed by atoms with Crippen LogP contribution in [-0.2, 0) is 0 Å². The van der Waals surface area contributed by atoms with E-state index in [0.29, 0.717) is 39.1 Å². The number of aliphatic hydroxyl groups excluding tert-OH is 1. The topological polar surface area (TPSA) is 83.2 Å². The molecule has 6 rings (SSSR count). The highest BCUT2D eigenvalue weighted by molar-refractivity contribution is 6.34. The number of halogens is 2. The number of aliphatic hydroxyl groups is 1. The largest absolute Gasteiger partial charge is 0.395 e. The van der Waals surface area contributed by atoms with Crippen LogP contribution >= 0.6 is 23.2 Å². The molecule has 2 atom stereocenters. The van der Waals surface area contributed by atoms with Gasteiger partial charge in [-0.15, -0.1) is 10.2 Å². The smallest absolute Gasteiger partial charge is 0.163 e. The molecule has 194 valence electrons. The highest BCUT2D eigenvalue weighted by atomic mass is 35.5. The Kier molecular flexibility index (Phi) is 6.97. The van der Waals surface area contributed by atoms with Crippen molar-refractivity contribution >= 4 is 40.1 Å². The third-order valence-electron chi connectivity index (χ3n) is 7.94. The Hall–Kier alpha value is -2.44. The molecule has 37 heavy (non-hydrogen) atoms. The molecule has 0 aromatic carbocycles. The lowest BCUT2D eigenvalue weighted by atomic mass is 9.80. The predicted octanol–water partition coefficient (Wildman–Crippen LogP) is 4.04. The molecular weight excluding hydrogens is 509 g/mol. The van der Waals surface area contributed by atoms with E-state index < -0.39 is 0 Å². The Balaban J connectivity index is 1.27. The lowest BCUT2D eigenvalue weighted by molar-refractivity contribution is 0.101. The van der Waals surface area contributed by atoms with Crippen LogP contribution in [0.15, 0.2) is 18.3 Å². The van der Waals surface area contributed by atoms with Crippen molar-refractivity contribution in [2.45, 2.75) is 38.6 Å². The van der Waals surface area contributed by atoms with Crippen LogP contribution in [0.25, 0.3) is 11.0 Å². The molecule has 0 spiro atoms. The van der Waals surface area contributed by atoms with Gasteiger partial charge in [0.15, 0.2) is 11.5 Å². The van der Waals surface area contributed by atoms with Gasteiger partial charge in [0, 0.05) is 49.9 Å². The Morgan fingerprint density at radius 1 is 1.11 bits per heavy atom. The van der Waals surface area contributed by atoms with E-state index in [4.69, 9.17) is 28.3 Å². The third kappa shape index (κ3) is 5.15. The maximum Gasteiger partial charge on any atom is 0.163 e. The molecule has 0 radical (unpaired) electrons. The molecule has 5 heterocycles. The maximum absolute atomic E-state index is 9.32. The number of pyridine rings is 1. The number of β-amino-alcohol motifs (C(OH)–C–C–N with tert-alkyl or cyclic N) is 1. The van der Waals surface area contributed by atoms with Gasteiger partial charge >= 0.3 is 0 Å². The fourth-order valence-electron chi connectivity index (χ4n) is 5.53. The minimum absolute atomic E-state index is 0.183. The number of anilines is 1. The summed E-state index contributed by atoms with van der Waals surface area (Å²) in [6, 6.07) is 3.56. The summed E-state index contributed by atoms with van der Waals surface area (Å²) in [5, 5.41) is 24.3. The molecule has 1 N–H and O–H groups in total. The van der Waals surface area contributed by atoms with Crippen molar-refractivity contribution in [2.75, 3.05) is 44.2 Å². The van der Waals surface area contributed by atoms with E-state index in [2.05, 4.69) is 42.9 Å². The second-order valence-corrected chi connectivity index (χ2v) is 11.4. The first-order valence-corrected chi connectivity index (χ1v) is 13.9. The van der Waals surface area contributed by atoms with Gasteiger partial charge in [0.2, 0.25) is 0 Å². The summed E-state index contributed by atoms with van der Waals surface area (Å²) in [6.45, 7) is 7.17. The van der Waals surface area contributed by atoms with E-state index in [1.807, 2.05) is 11.6 Å². The average Bonchev–Trinajstić information content (AvgIpc) is 3.62. The molecule has 3 aromatic rings. The van der Waals surface area contributed by atoms with Gasteiger partial charge in [-0.25, -0.2) is 4.98 Å². The van der Waals surface area contributed by atoms with Crippen LogP contribution in [0.3, 0.4) is 0 Å². The highest BCUT2D eigenvalue weighted by Gasteiger charge is 2.36. The minimum atomic E-state index is -0.183. The highest BCUT2D eigenvalue weighted by Crippen LogP contribution is 2.35. The summed E-state index contributed by atoms with van der Waals surface area (Å²) >= 11 is 12.6. The van der Waals surface area contributed by atoms with E-state index in [1.54, 1.807) is 12.3 Å². The fourth-order valence-corrected chi connectivity index (χ4v) is 6.06. The third-order valence-corrected chi connectivity index (χ3v) is 8.47. The number of likely N-dealkylation sites (tertiary alicyclic amines) is 1.